The van der Waals surface area contributed by atoms with E-state index in [1.54, 1.807) is 0 Å². The van der Waals surface area contributed by atoms with Gasteiger partial charge in [0.25, 0.3) is 0 Å². The number of aromatic nitrogens is 1. The lowest BCUT2D eigenvalue weighted by Crippen LogP contribution is -2.25. The number of nitrogens with zero attached hydrogens (tertiary/aromatic N) is 3. The van der Waals surface area contributed by atoms with Gasteiger partial charge < -0.3 is 15.1 Å². The minimum atomic E-state index is 0.504. The van der Waals surface area contributed by atoms with Crippen LogP contribution in [-0.4, -0.2) is 50.2 Å². The van der Waals surface area contributed by atoms with Crippen molar-refractivity contribution in [2.24, 2.45) is 0 Å². The van der Waals surface area contributed by atoms with Crippen LogP contribution in [0.2, 0.25) is 0 Å². The molecule has 0 saturated heterocycles. The van der Waals surface area contributed by atoms with Gasteiger partial charge in [0.2, 0.25) is 0 Å². The third-order valence-corrected chi connectivity index (χ3v) is 3.20. The molecule has 0 radical (unpaired) electrons. The van der Waals surface area contributed by atoms with E-state index in [0.717, 1.165) is 37.6 Å². The molecule has 0 saturated carbocycles. The summed E-state index contributed by atoms with van der Waals surface area (Å²) in [5, 5.41) is 3.46. The SMILES string of the molecule is Cc1cc(CNC(C)C)cc(N(C)CCCN(C)C)n1. The van der Waals surface area contributed by atoms with Gasteiger partial charge in [-0.3, -0.25) is 0 Å². The molecule has 1 aromatic heterocycles. The zero-order chi connectivity index (χ0) is 15.1. The van der Waals surface area contributed by atoms with Crippen molar-refractivity contribution in [3.05, 3.63) is 23.4 Å². The van der Waals surface area contributed by atoms with E-state index in [2.05, 4.69) is 74.1 Å². The molecule has 0 unspecified atom stereocenters. The van der Waals surface area contributed by atoms with Crippen LogP contribution < -0.4 is 10.2 Å². The first-order chi connectivity index (χ1) is 9.38. The highest BCUT2D eigenvalue weighted by molar-refractivity contribution is 5.41. The predicted octanol–water partition coefficient (Wildman–Crippen LogP) is 2.28. The summed E-state index contributed by atoms with van der Waals surface area (Å²) < 4.78 is 0. The zero-order valence-electron chi connectivity index (χ0n) is 13.9. The molecule has 20 heavy (non-hydrogen) atoms. The van der Waals surface area contributed by atoms with Crippen LogP contribution in [0, 0.1) is 6.92 Å². The third-order valence-electron chi connectivity index (χ3n) is 3.20. The fourth-order valence-electron chi connectivity index (χ4n) is 2.08. The molecular weight excluding hydrogens is 248 g/mol. The number of hydrogen-bond donors (Lipinski definition) is 1. The molecule has 1 heterocycles. The number of rotatable bonds is 8. The van der Waals surface area contributed by atoms with Crippen molar-refractivity contribution in [3.8, 4) is 0 Å². The highest BCUT2D eigenvalue weighted by Crippen LogP contribution is 2.14. The normalized spacial score (nSPS) is 11.4. The van der Waals surface area contributed by atoms with E-state index in [4.69, 9.17) is 0 Å². The van der Waals surface area contributed by atoms with E-state index in [9.17, 15) is 0 Å². The van der Waals surface area contributed by atoms with Crippen molar-refractivity contribution in [3.63, 3.8) is 0 Å². The Labute approximate surface area is 124 Å². The Kier molecular flexibility index (Phi) is 6.96. The molecule has 1 rings (SSSR count). The van der Waals surface area contributed by atoms with Gasteiger partial charge in [0.05, 0.1) is 0 Å². The molecule has 114 valence electrons. The number of anilines is 1. The van der Waals surface area contributed by atoms with Crippen LogP contribution >= 0.6 is 0 Å². The second-order valence-corrected chi connectivity index (χ2v) is 6.09. The first-order valence-corrected chi connectivity index (χ1v) is 7.45. The van der Waals surface area contributed by atoms with E-state index in [1.807, 2.05) is 0 Å². The Morgan fingerprint density at radius 3 is 2.45 bits per heavy atom. The van der Waals surface area contributed by atoms with E-state index >= 15 is 0 Å². The van der Waals surface area contributed by atoms with Crippen LogP contribution in [0.15, 0.2) is 12.1 Å². The highest BCUT2D eigenvalue weighted by Gasteiger charge is 2.06. The number of aryl methyl sites for hydroxylation is 1. The maximum absolute atomic E-state index is 4.64. The lowest BCUT2D eigenvalue weighted by Gasteiger charge is -2.21. The van der Waals surface area contributed by atoms with Gasteiger partial charge in [-0.05, 0) is 51.7 Å². The van der Waals surface area contributed by atoms with Gasteiger partial charge in [0.1, 0.15) is 5.82 Å². The van der Waals surface area contributed by atoms with Gasteiger partial charge in [0.15, 0.2) is 0 Å². The largest absolute Gasteiger partial charge is 0.360 e. The summed E-state index contributed by atoms with van der Waals surface area (Å²) in [5.74, 6) is 1.07. The van der Waals surface area contributed by atoms with E-state index < -0.39 is 0 Å². The Balaban J connectivity index is 2.64. The highest BCUT2D eigenvalue weighted by atomic mass is 15.2. The molecule has 0 aliphatic rings. The Morgan fingerprint density at radius 2 is 1.85 bits per heavy atom. The van der Waals surface area contributed by atoms with Crippen LogP contribution in [0.5, 0.6) is 0 Å². The molecule has 0 bridgehead atoms. The maximum Gasteiger partial charge on any atom is 0.128 e. The molecule has 0 aliphatic carbocycles. The minimum Gasteiger partial charge on any atom is -0.360 e. The fraction of sp³-hybridized carbons (Fsp3) is 0.688. The summed E-state index contributed by atoms with van der Waals surface area (Å²) in [5.41, 5.74) is 2.39. The standard InChI is InChI=1S/C16H30N4/c1-13(2)17-12-15-10-14(3)18-16(11-15)20(6)9-7-8-19(4)5/h10-11,13,17H,7-9,12H2,1-6H3. The molecular formula is C16H30N4. The van der Waals surface area contributed by atoms with Gasteiger partial charge in [-0.25, -0.2) is 4.98 Å². The summed E-state index contributed by atoms with van der Waals surface area (Å²) in [7, 11) is 6.35. The molecule has 0 fully saturated rings. The lowest BCUT2D eigenvalue weighted by atomic mass is 10.2. The topological polar surface area (TPSA) is 31.4 Å². The molecule has 4 nitrogen and oxygen atoms in total. The van der Waals surface area contributed by atoms with Crippen LogP contribution in [0.3, 0.4) is 0 Å². The van der Waals surface area contributed by atoms with Gasteiger partial charge in [-0.2, -0.15) is 0 Å². The number of hydrogen-bond acceptors (Lipinski definition) is 4. The molecule has 0 aliphatic heterocycles. The molecule has 1 aromatic rings. The van der Waals surface area contributed by atoms with Gasteiger partial charge >= 0.3 is 0 Å². The third kappa shape index (κ3) is 6.35. The zero-order valence-corrected chi connectivity index (χ0v) is 13.9. The summed E-state index contributed by atoms with van der Waals surface area (Å²) in [6, 6.07) is 4.86. The second-order valence-electron chi connectivity index (χ2n) is 6.09. The summed E-state index contributed by atoms with van der Waals surface area (Å²) in [4.78, 5) is 9.11. The number of nitrogens with one attached hydrogen (secondary N) is 1. The average Bonchev–Trinajstić information content (AvgIpc) is 2.35. The minimum absolute atomic E-state index is 0.504. The molecule has 0 atom stereocenters. The molecule has 0 amide bonds. The van der Waals surface area contributed by atoms with E-state index in [-0.39, 0.29) is 0 Å². The van der Waals surface area contributed by atoms with Gasteiger partial charge in [-0.15, -0.1) is 0 Å². The fourth-order valence-corrected chi connectivity index (χ4v) is 2.08. The van der Waals surface area contributed by atoms with Crippen molar-refractivity contribution in [1.82, 2.24) is 15.2 Å². The Morgan fingerprint density at radius 1 is 1.15 bits per heavy atom. The van der Waals surface area contributed by atoms with Crippen molar-refractivity contribution in [1.29, 1.82) is 0 Å². The number of pyridine rings is 1. The first-order valence-electron chi connectivity index (χ1n) is 7.45. The average molecular weight is 278 g/mol. The van der Waals surface area contributed by atoms with Crippen LogP contribution in [0.1, 0.15) is 31.5 Å². The van der Waals surface area contributed by atoms with Crippen molar-refractivity contribution >= 4 is 5.82 Å². The predicted molar refractivity (Wildman–Crippen MR) is 87.4 cm³/mol. The summed E-state index contributed by atoms with van der Waals surface area (Å²) in [6.07, 6.45) is 1.15. The van der Waals surface area contributed by atoms with E-state index in [1.165, 1.54) is 5.56 Å². The molecule has 1 N–H and O–H groups in total. The van der Waals surface area contributed by atoms with Crippen LogP contribution in [-0.2, 0) is 6.54 Å². The van der Waals surface area contributed by atoms with Crippen LogP contribution in [0.25, 0.3) is 0 Å². The molecule has 4 heteroatoms. The maximum atomic E-state index is 4.64. The van der Waals surface area contributed by atoms with Crippen molar-refractivity contribution < 1.29 is 0 Å². The summed E-state index contributed by atoms with van der Waals surface area (Å²) >= 11 is 0. The summed E-state index contributed by atoms with van der Waals surface area (Å²) in [6.45, 7) is 9.45. The monoisotopic (exact) mass is 278 g/mol. The van der Waals surface area contributed by atoms with Gasteiger partial charge in [-0.1, -0.05) is 13.8 Å². The molecule has 0 aromatic carbocycles. The van der Waals surface area contributed by atoms with Crippen molar-refractivity contribution in [2.75, 3.05) is 39.1 Å². The smallest absolute Gasteiger partial charge is 0.128 e. The Bertz CT molecular complexity index is 401. The van der Waals surface area contributed by atoms with E-state index in [0.29, 0.717) is 6.04 Å². The van der Waals surface area contributed by atoms with Gasteiger partial charge in [0, 0.05) is 31.9 Å². The van der Waals surface area contributed by atoms with Crippen molar-refractivity contribution in [2.45, 2.75) is 39.8 Å². The quantitative estimate of drug-likeness (QED) is 0.790. The Hall–Kier alpha value is -1.13. The molecule has 0 spiro atoms. The first kappa shape index (κ1) is 16.9. The van der Waals surface area contributed by atoms with Crippen LogP contribution in [0.4, 0.5) is 5.82 Å². The lowest BCUT2D eigenvalue weighted by molar-refractivity contribution is 0.401. The second kappa shape index (κ2) is 8.22.